The highest BCUT2D eigenvalue weighted by Crippen LogP contribution is 2.09. The monoisotopic (exact) mass is 175 g/mol. The number of nitrogens with one attached hydrogen (secondary N) is 1. The van der Waals surface area contributed by atoms with E-state index >= 15 is 0 Å². The molecular weight excluding hydrogens is 166 g/mol. The van der Waals surface area contributed by atoms with E-state index in [0.29, 0.717) is 0 Å². The average molecular weight is 175 g/mol. The van der Waals surface area contributed by atoms with Crippen LogP contribution >= 0.6 is 0 Å². The maximum atomic E-state index is 5.53. The summed E-state index contributed by atoms with van der Waals surface area (Å²) < 4.78 is 0. The molecule has 0 aliphatic heterocycles. The zero-order valence-corrected chi connectivity index (χ0v) is 6.88. The first-order valence-electron chi connectivity index (χ1n) is 3.83. The molecular formula is C8H9N5. The van der Waals surface area contributed by atoms with Crippen LogP contribution in [0.5, 0.6) is 0 Å². The molecule has 2 rings (SSSR count). The Hall–Kier alpha value is -2.04. The molecule has 1 heterocycles. The van der Waals surface area contributed by atoms with Gasteiger partial charge in [-0.3, -0.25) is 5.43 Å². The molecule has 66 valence electrons. The summed E-state index contributed by atoms with van der Waals surface area (Å²) in [7, 11) is 0. The van der Waals surface area contributed by atoms with Crippen molar-refractivity contribution in [3.05, 3.63) is 36.7 Å². The molecule has 0 atom stereocenters. The first-order valence-corrected chi connectivity index (χ1v) is 3.83. The van der Waals surface area contributed by atoms with Crippen molar-refractivity contribution in [1.29, 1.82) is 0 Å². The number of anilines is 2. The minimum atomic E-state index is 0.735. The van der Waals surface area contributed by atoms with Crippen molar-refractivity contribution < 1.29 is 0 Å². The summed E-state index contributed by atoms with van der Waals surface area (Å²) in [6, 6.07) is 7.34. The maximum absolute atomic E-state index is 5.53. The first-order chi connectivity index (χ1) is 6.34. The first kappa shape index (κ1) is 7.60. The van der Waals surface area contributed by atoms with Gasteiger partial charge in [-0.05, 0) is 24.3 Å². The molecule has 0 spiro atoms. The SMILES string of the molecule is Nc1ccc(Nn2nccn2)cc1. The van der Waals surface area contributed by atoms with Gasteiger partial charge in [0, 0.05) is 5.69 Å². The number of rotatable bonds is 2. The molecule has 0 unspecified atom stereocenters. The predicted octanol–water partition coefficient (Wildman–Crippen LogP) is 0.736. The van der Waals surface area contributed by atoms with Crippen LogP contribution in [0.3, 0.4) is 0 Å². The summed E-state index contributed by atoms with van der Waals surface area (Å²) >= 11 is 0. The van der Waals surface area contributed by atoms with E-state index in [0.717, 1.165) is 11.4 Å². The fourth-order valence-electron chi connectivity index (χ4n) is 0.947. The van der Waals surface area contributed by atoms with Gasteiger partial charge in [-0.15, -0.1) is 10.2 Å². The molecule has 0 fully saturated rings. The zero-order valence-electron chi connectivity index (χ0n) is 6.88. The smallest absolute Gasteiger partial charge is 0.0714 e. The lowest BCUT2D eigenvalue weighted by atomic mass is 10.3. The second-order valence-corrected chi connectivity index (χ2v) is 2.55. The summed E-state index contributed by atoms with van der Waals surface area (Å²) in [5, 5.41) is 7.79. The second-order valence-electron chi connectivity index (χ2n) is 2.55. The molecule has 0 aliphatic rings. The van der Waals surface area contributed by atoms with E-state index < -0.39 is 0 Å². The number of hydrogen-bond acceptors (Lipinski definition) is 4. The lowest BCUT2D eigenvalue weighted by Gasteiger charge is -2.03. The van der Waals surface area contributed by atoms with Crippen molar-refractivity contribution in [2.75, 3.05) is 11.2 Å². The van der Waals surface area contributed by atoms with Gasteiger partial charge in [0.15, 0.2) is 0 Å². The third-order valence-corrected chi connectivity index (χ3v) is 1.56. The summed E-state index contributed by atoms with van der Waals surface area (Å²) in [6.45, 7) is 0. The van der Waals surface area contributed by atoms with E-state index in [1.54, 1.807) is 12.4 Å². The molecule has 0 radical (unpaired) electrons. The Morgan fingerprint density at radius 1 is 1.08 bits per heavy atom. The van der Waals surface area contributed by atoms with Crippen LogP contribution in [0.25, 0.3) is 0 Å². The van der Waals surface area contributed by atoms with E-state index in [-0.39, 0.29) is 0 Å². The van der Waals surface area contributed by atoms with E-state index in [4.69, 9.17) is 5.73 Å². The van der Waals surface area contributed by atoms with Gasteiger partial charge in [0.25, 0.3) is 0 Å². The van der Waals surface area contributed by atoms with Gasteiger partial charge in [-0.25, -0.2) is 0 Å². The van der Waals surface area contributed by atoms with Crippen LogP contribution in [0.15, 0.2) is 36.7 Å². The van der Waals surface area contributed by atoms with Crippen molar-refractivity contribution >= 4 is 11.4 Å². The topological polar surface area (TPSA) is 68.8 Å². The van der Waals surface area contributed by atoms with Crippen LogP contribution in [0.4, 0.5) is 11.4 Å². The Morgan fingerprint density at radius 2 is 1.69 bits per heavy atom. The zero-order chi connectivity index (χ0) is 9.10. The molecule has 1 aromatic heterocycles. The molecule has 1 aromatic carbocycles. The van der Waals surface area contributed by atoms with Crippen molar-refractivity contribution in [1.82, 2.24) is 15.1 Å². The van der Waals surface area contributed by atoms with Crippen LogP contribution in [0.1, 0.15) is 0 Å². The van der Waals surface area contributed by atoms with Crippen LogP contribution in [-0.2, 0) is 0 Å². The summed E-state index contributed by atoms with van der Waals surface area (Å²) in [5.74, 6) is 0. The molecule has 13 heavy (non-hydrogen) atoms. The number of hydrogen-bond donors (Lipinski definition) is 2. The summed E-state index contributed by atoms with van der Waals surface area (Å²) in [6.07, 6.45) is 3.20. The highest BCUT2D eigenvalue weighted by atomic mass is 15.7. The highest BCUT2D eigenvalue weighted by Gasteiger charge is 1.92. The third kappa shape index (κ3) is 1.76. The fourth-order valence-corrected chi connectivity index (χ4v) is 0.947. The molecule has 5 heteroatoms. The largest absolute Gasteiger partial charge is 0.399 e. The Labute approximate surface area is 75.1 Å². The van der Waals surface area contributed by atoms with E-state index in [1.165, 1.54) is 4.91 Å². The Bertz CT molecular complexity index is 364. The molecule has 2 aromatic rings. The minimum absolute atomic E-state index is 0.735. The highest BCUT2D eigenvalue weighted by molar-refractivity contribution is 5.50. The number of benzene rings is 1. The molecule has 0 saturated heterocycles. The molecule has 0 bridgehead atoms. The predicted molar refractivity (Wildman–Crippen MR) is 49.9 cm³/mol. The van der Waals surface area contributed by atoms with Gasteiger partial charge in [-0.2, -0.15) is 0 Å². The summed E-state index contributed by atoms with van der Waals surface area (Å²) in [4.78, 5) is 1.38. The maximum Gasteiger partial charge on any atom is 0.0714 e. The van der Waals surface area contributed by atoms with Crippen LogP contribution in [-0.4, -0.2) is 15.1 Å². The van der Waals surface area contributed by atoms with Gasteiger partial charge in [0.1, 0.15) is 0 Å². The van der Waals surface area contributed by atoms with Gasteiger partial charge >= 0.3 is 0 Å². The second kappa shape index (κ2) is 3.14. The van der Waals surface area contributed by atoms with Crippen molar-refractivity contribution in [3.8, 4) is 0 Å². The van der Waals surface area contributed by atoms with Gasteiger partial charge in [0.05, 0.1) is 18.1 Å². The number of nitrogens with zero attached hydrogens (tertiary/aromatic N) is 3. The lowest BCUT2D eigenvalue weighted by Crippen LogP contribution is -2.12. The number of nitrogen functional groups attached to an aromatic ring is 1. The van der Waals surface area contributed by atoms with Crippen molar-refractivity contribution in [2.45, 2.75) is 0 Å². The van der Waals surface area contributed by atoms with Crippen molar-refractivity contribution in [2.24, 2.45) is 0 Å². The number of aromatic nitrogens is 3. The molecule has 0 amide bonds. The van der Waals surface area contributed by atoms with Crippen LogP contribution in [0, 0.1) is 0 Å². The van der Waals surface area contributed by atoms with Crippen molar-refractivity contribution in [3.63, 3.8) is 0 Å². The van der Waals surface area contributed by atoms with E-state index in [1.807, 2.05) is 24.3 Å². The Balaban J connectivity index is 2.15. The van der Waals surface area contributed by atoms with E-state index in [9.17, 15) is 0 Å². The quantitative estimate of drug-likeness (QED) is 0.660. The fraction of sp³-hybridized carbons (Fsp3) is 0. The molecule has 0 aliphatic carbocycles. The normalized spacial score (nSPS) is 9.85. The Kier molecular flexibility index (Phi) is 1.84. The average Bonchev–Trinajstić information content (AvgIpc) is 2.62. The van der Waals surface area contributed by atoms with Gasteiger partial charge in [0.2, 0.25) is 0 Å². The van der Waals surface area contributed by atoms with Gasteiger partial charge in [-0.1, -0.05) is 4.91 Å². The van der Waals surface area contributed by atoms with Crippen LogP contribution < -0.4 is 11.2 Å². The minimum Gasteiger partial charge on any atom is -0.399 e. The third-order valence-electron chi connectivity index (χ3n) is 1.56. The molecule has 5 nitrogen and oxygen atoms in total. The summed E-state index contributed by atoms with van der Waals surface area (Å²) in [5.41, 5.74) is 10.1. The van der Waals surface area contributed by atoms with E-state index in [2.05, 4.69) is 15.6 Å². The molecule has 0 saturated carbocycles. The van der Waals surface area contributed by atoms with Crippen LogP contribution in [0.2, 0.25) is 0 Å². The standard InChI is InChI=1S/C8H9N5/c9-7-1-3-8(4-2-7)12-13-10-5-6-11-13/h1-6,12H,9H2. The Morgan fingerprint density at radius 3 is 2.31 bits per heavy atom. The lowest BCUT2D eigenvalue weighted by molar-refractivity contribution is 0.686. The molecule has 3 N–H and O–H groups in total. The van der Waals surface area contributed by atoms with Gasteiger partial charge < -0.3 is 5.73 Å². The number of nitrogens with two attached hydrogens (primary N) is 1.